The predicted octanol–water partition coefficient (Wildman–Crippen LogP) is 2.80. The fourth-order valence-corrected chi connectivity index (χ4v) is 5.44. The Morgan fingerprint density at radius 2 is 2.10 bits per heavy atom. The normalized spacial score (nSPS) is 23.4. The number of aryl methyl sites for hydroxylation is 1. The largest absolute Gasteiger partial charge is 0.308 e. The van der Waals surface area contributed by atoms with Crippen LogP contribution in [0, 0.1) is 6.92 Å². The molecule has 114 valence electrons. The van der Waals surface area contributed by atoms with E-state index in [1.165, 1.54) is 4.88 Å². The van der Waals surface area contributed by atoms with Crippen LogP contribution >= 0.6 is 11.3 Å². The highest BCUT2D eigenvalue weighted by Crippen LogP contribution is 2.29. The van der Waals surface area contributed by atoms with E-state index < -0.39 is 9.84 Å². The Morgan fingerprint density at radius 3 is 2.60 bits per heavy atom. The Bertz CT molecular complexity index is 564. The van der Waals surface area contributed by atoms with Crippen LogP contribution in [0.2, 0.25) is 0 Å². The molecule has 1 aromatic heterocycles. The van der Waals surface area contributed by atoms with Crippen molar-refractivity contribution in [2.75, 3.05) is 12.3 Å². The third-order valence-corrected chi connectivity index (χ3v) is 7.77. The number of hydrogen-bond acceptors (Lipinski definition) is 5. The van der Waals surface area contributed by atoms with Crippen LogP contribution in [0.5, 0.6) is 0 Å². The average molecular weight is 316 g/mol. The summed E-state index contributed by atoms with van der Waals surface area (Å²) < 4.78 is 23.6. The van der Waals surface area contributed by atoms with Crippen LogP contribution in [-0.4, -0.2) is 30.9 Å². The Labute approximate surface area is 125 Å². The maximum absolute atomic E-state index is 11.8. The first-order chi connectivity index (χ1) is 9.31. The van der Waals surface area contributed by atoms with Crippen molar-refractivity contribution in [3.8, 4) is 0 Å². The number of aromatic nitrogens is 1. The van der Waals surface area contributed by atoms with Gasteiger partial charge in [0.2, 0.25) is 0 Å². The molecule has 1 N–H and O–H groups in total. The fraction of sp³-hybridized carbons (Fsp3) is 0.786. The molecule has 4 nitrogen and oxygen atoms in total. The third kappa shape index (κ3) is 3.40. The highest BCUT2D eigenvalue weighted by molar-refractivity contribution is 7.92. The molecule has 0 bridgehead atoms. The molecule has 1 aliphatic heterocycles. The summed E-state index contributed by atoms with van der Waals surface area (Å²) in [5.74, 6) is 0.792. The average Bonchev–Trinajstić information content (AvgIpc) is 2.89. The Morgan fingerprint density at radius 1 is 1.40 bits per heavy atom. The number of nitrogens with one attached hydrogen (secondary N) is 1. The van der Waals surface area contributed by atoms with E-state index in [-0.39, 0.29) is 11.3 Å². The maximum Gasteiger partial charge on any atom is 0.154 e. The van der Waals surface area contributed by atoms with Crippen LogP contribution in [0.3, 0.4) is 0 Å². The first-order valence-corrected chi connectivity index (χ1v) is 9.76. The molecular weight excluding hydrogens is 292 g/mol. The van der Waals surface area contributed by atoms with Gasteiger partial charge in [-0.05, 0) is 26.7 Å². The molecule has 0 spiro atoms. The molecule has 2 rings (SSSR count). The van der Waals surface area contributed by atoms with E-state index in [1.807, 2.05) is 6.92 Å². The van der Waals surface area contributed by atoms with Crippen molar-refractivity contribution in [2.45, 2.75) is 57.7 Å². The SMILES string of the molecule is Cc1nc(C(C)C)sc1[C@H](C)NC[C@H]1CCCS1(=O)=O. The molecule has 2 atom stereocenters. The number of hydrogen-bond donors (Lipinski definition) is 1. The van der Waals surface area contributed by atoms with E-state index >= 15 is 0 Å². The van der Waals surface area contributed by atoms with Gasteiger partial charge in [-0.3, -0.25) is 0 Å². The van der Waals surface area contributed by atoms with Crippen molar-refractivity contribution in [1.82, 2.24) is 10.3 Å². The van der Waals surface area contributed by atoms with Gasteiger partial charge in [-0.25, -0.2) is 13.4 Å². The number of sulfone groups is 1. The van der Waals surface area contributed by atoms with Gasteiger partial charge in [-0.2, -0.15) is 0 Å². The van der Waals surface area contributed by atoms with Crippen molar-refractivity contribution in [1.29, 1.82) is 0 Å². The van der Waals surface area contributed by atoms with E-state index in [0.29, 0.717) is 18.2 Å². The molecule has 1 aliphatic rings. The maximum atomic E-state index is 11.8. The first kappa shape index (κ1) is 15.9. The van der Waals surface area contributed by atoms with Crippen LogP contribution in [0.4, 0.5) is 0 Å². The lowest BCUT2D eigenvalue weighted by atomic mass is 10.2. The number of rotatable bonds is 5. The monoisotopic (exact) mass is 316 g/mol. The van der Waals surface area contributed by atoms with Gasteiger partial charge in [-0.15, -0.1) is 11.3 Å². The molecule has 0 unspecified atom stereocenters. The van der Waals surface area contributed by atoms with Crippen LogP contribution < -0.4 is 5.32 Å². The zero-order chi connectivity index (χ0) is 14.9. The zero-order valence-corrected chi connectivity index (χ0v) is 14.3. The second kappa shape index (κ2) is 6.12. The van der Waals surface area contributed by atoms with Crippen LogP contribution in [0.25, 0.3) is 0 Å². The molecule has 2 heterocycles. The molecule has 1 saturated heterocycles. The summed E-state index contributed by atoms with van der Waals surface area (Å²) >= 11 is 1.74. The minimum Gasteiger partial charge on any atom is -0.308 e. The molecule has 0 radical (unpaired) electrons. The first-order valence-electron chi connectivity index (χ1n) is 7.23. The van der Waals surface area contributed by atoms with Crippen molar-refractivity contribution in [3.63, 3.8) is 0 Å². The second-order valence-electron chi connectivity index (χ2n) is 5.92. The van der Waals surface area contributed by atoms with Gasteiger partial charge in [0.05, 0.1) is 21.7 Å². The lowest BCUT2D eigenvalue weighted by Gasteiger charge is -2.16. The molecule has 0 saturated carbocycles. The van der Waals surface area contributed by atoms with E-state index in [2.05, 4.69) is 31.1 Å². The minimum atomic E-state index is -2.86. The van der Waals surface area contributed by atoms with E-state index in [9.17, 15) is 8.42 Å². The summed E-state index contributed by atoms with van der Waals surface area (Å²) in [6, 6.07) is 0.163. The van der Waals surface area contributed by atoms with Crippen LogP contribution in [-0.2, 0) is 9.84 Å². The van der Waals surface area contributed by atoms with E-state index in [0.717, 1.165) is 23.5 Å². The topological polar surface area (TPSA) is 59.1 Å². The molecule has 0 aromatic carbocycles. The fourth-order valence-electron chi connectivity index (χ4n) is 2.57. The molecule has 0 amide bonds. The smallest absolute Gasteiger partial charge is 0.154 e. The molecule has 1 fully saturated rings. The molecule has 20 heavy (non-hydrogen) atoms. The van der Waals surface area contributed by atoms with Crippen LogP contribution in [0.1, 0.15) is 61.2 Å². The van der Waals surface area contributed by atoms with Crippen molar-refractivity contribution in [2.24, 2.45) is 0 Å². The molecular formula is C14H24N2O2S2. The van der Waals surface area contributed by atoms with Gasteiger partial charge in [0.25, 0.3) is 0 Å². The van der Waals surface area contributed by atoms with E-state index in [1.54, 1.807) is 11.3 Å². The van der Waals surface area contributed by atoms with Gasteiger partial charge >= 0.3 is 0 Å². The second-order valence-corrected chi connectivity index (χ2v) is 9.38. The Hall–Kier alpha value is -0.460. The Kier molecular flexibility index (Phi) is 4.87. The highest BCUT2D eigenvalue weighted by Gasteiger charge is 2.31. The zero-order valence-electron chi connectivity index (χ0n) is 12.6. The predicted molar refractivity (Wildman–Crippen MR) is 84.2 cm³/mol. The van der Waals surface area contributed by atoms with Gasteiger partial charge in [0.1, 0.15) is 0 Å². The lowest BCUT2D eigenvalue weighted by Crippen LogP contribution is -2.32. The van der Waals surface area contributed by atoms with Gasteiger partial charge < -0.3 is 5.32 Å². The third-order valence-electron chi connectivity index (χ3n) is 3.85. The van der Waals surface area contributed by atoms with Gasteiger partial charge in [0, 0.05) is 23.4 Å². The summed E-state index contributed by atoms with van der Waals surface area (Å²) in [6.45, 7) is 8.96. The minimum absolute atomic E-state index is 0.163. The van der Waals surface area contributed by atoms with E-state index in [4.69, 9.17) is 0 Å². The Balaban J connectivity index is 2.00. The summed E-state index contributed by atoms with van der Waals surface area (Å²) in [5, 5.41) is 4.33. The quantitative estimate of drug-likeness (QED) is 0.907. The van der Waals surface area contributed by atoms with Gasteiger partial charge in [0.15, 0.2) is 9.84 Å². The standard InChI is InChI=1S/C14H24N2O2S2/c1-9(2)14-16-11(4)13(19-14)10(3)15-8-12-6-5-7-20(12,17)18/h9-10,12,15H,5-8H2,1-4H3/t10-,12+/m0/s1. The summed E-state index contributed by atoms with van der Waals surface area (Å²) in [4.78, 5) is 5.83. The summed E-state index contributed by atoms with van der Waals surface area (Å²) in [5.41, 5.74) is 1.06. The molecule has 0 aliphatic carbocycles. The summed E-state index contributed by atoms with van der Waals surface area (Å²) in [7, 11) is -2.86. The van der Waals surface area contributed by atoms with Crippen molar-refractivity contribution in [3.05, 3.63) is 15.6 Å². The molecule has 6 heteroatoms. The lowest BCUT2D eigenvalue weighted by molar-refractivity contribution is 0.541. The molecule has 1 aromatic rings. The number of nitrogens with zero attached hydrogens (tertiary/aromatic N) is 1. The summed E-state index contributed by atoms with van der Waals surface area (Å²) in [6.07, 6.45) is 1.60. The number of thiazole rings is 1. The van der Waals surface area contributed by atoms with Crippen molar-refractivity contribution < 1.29 is 8.42 Å². The van der Waals surface area contributed by atoms with Crippen LogP contribution in [0.15, 0.2) is 0 Å². The highest BCUT2D eigenvalue weighted by atomic mass is 32.2. The van der Waals surface area contributed by atoms with Gasteiger partial charge in [-0.1, -0.05) is 13.8 Å². The van der Waals surface area contributed by atoms with Crippen molar-refractivity contribution >= 4 is 21.2 Å².